The van der Waals surface area contributed by atoms with Crippen LogP contribution in [-0.4, -0.2) is 5.91 Å². The quantitative estimate of drug-likeness (QED) is 0.873. The molecule has 2 aromatic rings. The molecule has 3 nitrogen and oxygen atoms in total. The van der Waals surface area contributed by atoms with Crippen molar-refractivity contribution >= 4 is 5.91 Å². The number of allylic oxidation sites excluding steroid dienone is 2. The molecule has 112 valence electrons. The van der Waals surface area contributed by atoms with Gasteiger partial charge in [0, 0.05) is 5.92 Å². The number of nitrogens with one attached hydrogen (secondary N) is 1. The second-order valence-electron chi connectivity index (χ2n) is 6.25. The van der Waals surface area contributed by atoms with E-state index in [9.17, 15) is 4.79 Å². The minimum atomic E-state index is -0.216. The van der Waals surface area contributed by atoms with Gasteiger partial charge in [-0.2, -0.15) is 0 Å². The van der Waals surface area contributed by atoms with Crippen molar-refractivity contribution in [3.05, 3.63) is 72.2 Å². The molecule has 1 heterocycles. The maximum atomic E-state index is 12.7. The molecule has 22 heavy (non-hydrogen) atoms. The Kier molecular flexibility index (Phi) is 3.34. The van der Waals surface area contributed by atoms with E-state index in [1.54, 1.807) is 6.26 Å². The maximum Gasteiger partial charge on any atom is 0.224 e. The number of benzene rings is 1. The minimum absolute atomic E-state index is 0.108. The zero-order chi connectivity index (χ0) is 14.9. The smallest absolute Gasteiger partial charge is 0.224 e. The highest BCUT2D eigenvalue weighted by Gasteiger charge is 2.40. The highest BCUT2D eigenvalue weighted by Crippen LogP contribution is 2.43. The predicted molar refractivity (Wildman–Crippen MR) is 84.0 cm³/mol. The third-order valence-electron chi connectivity index (χ3n) is 4.86. The van der Waals surface area contributed by atoms with Crippen molar-refractivity contribution < 1.29 is 9.21 Å². The van der Waals surface area contributed by atoms with Gasteiger partial charge < -0.3 is 9.73 Å². The normalized spacial score (nSPS) is 27.0. The Morgan fingerprint density at radius 1 is 1.09 bits per heavy atom. The van der Waals surface area contributed by atoms with Crippen molar-refractivity contribution in [1.29, 1.82) is 0 Å². The Balaban J connectivity index is 1.57. The van der Waals surface area contributed by atoms with Crippen LogP contribution >= 0.6 is 0 Å². The van der Waals surface area contributed by atoms with Crippen molar-refractivity contribution in [3.8, 4) is 0 Å². The number of hydrogen-bond acceptors (Lipinski definition) is 2. The topological polar surface area (TPSA) is 42.2 Å². The second kappa shape index (κ2) is 5.48. The van der Waals surface area contributed by atoms with Crippen LogP contribution in [0.2, 0.25) is 0 Å². The lowest BCUT2D eigenvalue weighted by Gasteiger charge is -2.22. The average Bonchev–Trinajstić information content (AvgIpc) is 3.30. The third-order valence-corrected chi connectivity index (χ3v) is 4.86. The fraction of sp³-hybridized carbons (Fsp3) is 0.316. The molecule has 1 saturated carbocycles. The monoisotopic (exact) mass is 293 g/mol. The molecule has 1 amide bonds. The van der Waals surface area contributed by atoms with Gasteiger partial charge in [-0.05, 0) is 42.4 Å². The first-order valence-electron chi connectivity index (χ1n) is 7.88. The molecular formula is C19H19NO2. The first-order valence-corrected chi connectivity index (χ1v) is 7.88. The number of rotatable bonds is 4. The first kappa shape index (κ1) is 13.4. The fourth-order valence-corrected chi connectivity index (χ4v) is 3.75. The second-order valence-corrected chi connectivity index (χ2v) is 6.25. The molecule has 0 unspecified atom stereocenters. The summed E-state index contributed by atoms with van der Waals surface area (Å²) in [6, 6.07) is 13.5. The van der Waals surface area contributed by atoms with Gasteiger partial charge in [0.15, 0.2) is 0 Å². The van der Waals surface area contributed by atoms with Crippen LogP contribution in [-0.2, 0) is 4.79 Å². The first-order chi connectivity index (χ1) is 10.8. The molecule has 0 aliphatic heterocycles. The van der Waals surface area contributed by atoms with E-state index in [2.05, 4.69) is 17.5 Å². The average molecular weight is 293 g/mol. The summed E-state index contributed by atoms with van der Waals surface area (Å²) in [5, 5.41) is 3.20. The van der Waals surface area contributed by atoms with Crippen LogP contribution in [0.5, 0.6) is 0 Å². The molecule has 1 N–H and O–H groups in total. The molecule has 4 atom stereocenters. The lowest BCUT2D eigenvalue weighted by molar-refractivity contribution is -0.126. The molecule has 2 aliphatic carbocycles. The van der Waals surface area contributed by atoms with Crippen LogP contribution in [0.1, 0.15) is 30.2 Å². The minimum Gasteiger partial charge on any atom is -0.467 e. The standard InChI is InChI=1S/C19H19NO2/c21-19(16-12-13-8-9-15(16)11-13)20-18(17-7-4-10-22-17)14-5-2-1-3-6-14/h1-10,13,15-16,18H,11-12H2,(H,20,21)/t13-,15-,16-,18-/m0/s1. The Morgan fingerprint density at radius 3 is 2.59 bits per heavy atom. The highest BCUT2D eigenvalue weighted by molar-refractivity contribution is 5.80. The Morgan fingerprint density at radius 2 is 1.95 bits per heavy atom. The summed E-state index contributed by atoms with van der Waals surface area (Å²) in [4.78, 5) is 12.7. The fourth-order valence-electron chi connectivity index (χ4n) is 3.75. The number of carbonyl (C=O) groups excluding carboxylic acids is 1. The van der Waals surface area contributed by atoms with Crippen molar-refractivity contribution in [3.63, 3.8) is 0 Å². The Bertz CT molecular complexity index is 675. The molecule has 0 radical (unpaired) electrons. The molecular weight excluding hydrogens is 274 g/mol. The van der Waals surface area contributed by atoms with Gasteiger partial charge in [0.2, 0.25) is 5.91 Å². The molecule has 4 rings (SSSR count). The summed E-state index contributed by atoms with van der Waals surface area (Å²) in [6.07, 6.45) is 8.23. The van der Waals surface area contributed by atoms with Crippen molar-refractivity contribution in [2.24, 2.45) is 17.8 Å². The van der Waals surface area contributed by atoms with Crippen LogP contribution in [0.25, 0.3) is 0 Å². The predicted octanol–water partition coefficient (Wildman–Crippen LogP) is 3.70. The number of fused-ring (bicyclic) bond motifs is 2. The zero-order valence-electron chi connectivity index (χ0n) is 12.3. The molecule has 0 spiro atoms. The van der Waals surface area contributed by atoms with Gasteiger partial charge >= 0.3 is 0 Å². The van der Waals surface area contributed by atoms with Crippen LogP contribution in [0.4, 0.5) is 0 Å². The maximum absolute atomic E-state index is 12.7. The molecule has 2 aliphatic rings. The van der Waals surface area contributed by atoms with Crippen molar-refractivity contribution in [2.75, 3.05) is 0 Å². The number of furan rings is 1. The summed E-state index contributed by atoms with van der Waals surface area (Å²) in [6.45, 7) is 0. The molecule has 3 heteroatoms. The molecule has 2 bridgehead atoms. The van der Waals surface area contributed by atoms with E-state index in [0.717, 1.165) is 24.2 Å². The SMILES string of the molecule is O=C(N[C@@H](c1ccccc1)c1ccco1)[C@H]1C[C@H]2C=C[C@H]1C2. The number of carbonyl (C=O) groups is 1. The van der Waals surface area contributed by atoms with Crippen molar-refractivity contribution in [2.45, 2.75) is 18.9 Å². The van der Waals surface area contributed by atoms with E-state index in [0.29, 0.717) is 11.8 Å². The highest BCUT2D eigenvalue weighted by atomic mass is 16.3. The largest absolute Gasteiger partial charge is 0.467 e. The summed E-state index contributed by atoms with van der Waals surface area (Å²) >= 11 is 0. The van der Waals surface area contributed by atoms with E-state index >= 15 is 0 Å². The van der Waals surface area contributed by atoms with Crippen LogP contribution in [0.15, 0.2) is 65.3 Å². The van der Waals surface area contributed by atoms with Gasteiger partial charge in [-0.1, -0.05) is 42.5 Å². The molecule has 1 fully saturated rings. The van der Waals surface area contributed by atoms with E-state index in [1.165, 1.54) is 0 Å². The van der Waals surface area contributed by atoms with Gasteiger partial charge in [0.25, 0.3) is 0 Å². The zero-order valence-corrected chi connectivity index (χ0v) is 12.3. The molecule has 0 saturated heterocycles. The van der Waals surface area contributed by atoms with E-state index < -0.39 is 0 Å². The molecule has 1 aromatic heterocycles. The van der Waals surface area contributed by atoms with Crippen molar-refractivity contribution in [1.82, 2.24) is 5.32 Å². The lowest BCUT2D eigenvalue weighted by atomic mass is 9.92. The van der Waals surface area contributed by atoms with Gasteiger partial charge in [-0.3, -0.25) is 4.79 Å². The molecule has 1 aromatic carbocycles. The summed E-state index contributed by atoms with van der Waals surface area (Å²) in [5.74, 6) is 2.04. The number of amides is 1. The van der Waals surface area contributed by atoms with Crippen LogP contribution < -0.4 is 5.32 Å². The van der Waals surface area contributed by atoms with Gasteiger partial charge in [0.05, 0.1) is 6.26 Å². The van der Waals surface area contributed by atoms with E-state index in [-0.39, 0.29) is 17.9 Å². The Hall–Kier alpha value is -2.29. The summed E-state index contributed by atoms with van der Waals surface area (Å²) in [7, 11) is 0. The van der Waals surface area contributed by atoms with Gasteiger partial charge in [0.1, 0.15) is 11.8 Å². The van der Waals surface area contributed by atoms with Gasteiger partial charge in [-0.25, -0.2) is 0 Å². The van der Waals surface area contributed by atoms with Gasteiger partial charge in [-0.15, -0.1) is 0 Å². The van der Waals surface area contributed by atoms with Crippen LogP contribution in [0, 0.1) is 17.8 Å². The third kappa shape index (κ3) is 2.37. The summed E-state index contributed by atoms with van der Waals surface area (Å²) in [5.41, 5.74) is 1.05. The summed E-state index contributed by atoms with van der Waals surface area (Å²) < 4.78 is 5.55. The van der Waals surface area contributed by atoms with E-state index in [1.807, 2.05) is 42.5 Å². The Labute approximate surface area is 130 Å². The van der Waals surface area contributed by atoms with E-state index in [4.69, 9.17) is 4.42 Å². The van der Waals surface area contributed by atoms with Crippen LogP contribution in [0.3, 0.4) is 0 Å². The number of hydrogen-bond donors (Lipinski definition) is 1. The lowest BCUT2D eigenvalue weighted by Crippen LogP contribution is -2.36.